The molecule has 0 unspecified atom stereocenters. The van der Waals surface area contributed by atoms with Gasteiger partial charge >= 0.3 is 0 Å². The molecule has 3 aliphatic rings. The van der Waals surface area contributed by atoms with Gasteiger partial charge in [0.25, 0.3) is 5.91 Å². The number of β-amino-alcohol motifs (C(OH)–C–C–N with tert-alkyl or cyclic N) is 1. The number of hydrogen-bond acceptors (Lipinski definition) is 6. The summed E-state index contributed by atoms with van der Waals surface area (Å²) >= 11 is 0. The maximum absolute atomic E-state index is 13.2. The minimum atomic E-state index is -0.759. The van der Waals surface area contributed by atoms with Gasteiger partial charge in [-0.1, -0.05) is 24.3 Å². The lowest BCUT2D eigenvalue weighted by Gasteiger charge is -2.44. The molecule has 5 rings (SSSR count). The molecule has 8 heteroatoms. The number of aliphatic hydroxyl groups excluding tert-OH is 1. The number of nitrogens with zero attached hydrogens (tertiary/aromatic N) is 2. The van der Waals surface area contributed by atoms with Crippen LogP contribution in [0.3, 0.4) is 0 Å². The van der Waals surface area contributed by atoms with Crippen LogP contribution >= 0.6 is 0 Å². The predicted molar refractivity (Wildman–Crippen MR) is 124 cm³/mol. The highest BCUT2D eigenvalue weighted by atomic mass is 16.5. The summed E-state index contributed by atoms with van der Waals surface area (Å²) in [5, 5.41) is 13.5. The molecule has 1 aromatic carbocycles. The summed E-state index contributed by atoms with van der Waals surface area (Å²) in [4.78, 5) is 31.7. The van der Waals surface area contributed by atoms with E-state index in [2.05, 4.69) is 22.4 Å². The lowest BCUT2D eigenvalue weighted by Crippen LogP contribution is -2.57. The Balaban J connectivity index is 1.20. The molecule has 34 heavy (non-hydrogen) atoms. The molecule has 0 spiro atoms. The largest absolute Gasteiger partial charge is 0.389 e. The van der Waals surface area contributed by atoms with Crippen LogP contribution in [-0.2, 0) is 27.1 Å². The van der Waals surface area contributed by atoms with Crippen LogP contribution < -0.4 is 5.32 Å². The Morgan fingerprint density at radius 1 is 1.06 bits per heavy atom. The predicted octanol–water partition coefficient (Wildman–Crippen LogP) is 1.50. The number of aliphatic hydroxyl groups is 1. The van der Waals surface area contributed by atoms with Crippen LogP contribution in [0.15, 0.2) is 48.8 Å². The molecule has 2 N–H and O–H groups in total. The molecule has 1 aliphatic carbocycles. The summed E-state index contributed by atoms with van der Waals surface area (Å²) in [5.74, 6) is -0.160. The van der Waals surface area contributed by atoms with Crippen molar-refractivity contribution in [1.29, 1.82) is 0 Å². The first-order valence-corrected chi connectivity index (χ1v) is 12.0. The number of pyridine rings is 1. The number of nitrogens with one attached hydrogen (secondary N) is 1. The van der Waals surface area contributed by atoms with Crippen LogP contribution in [-0.4, -0.2) is 77.0 Å². The number of fused-ring (bicyclic) bond motifs is 2. The van der Waals surface area contributed by atoms with Crippen molar-refractivity contribution in [2.75, 3.05) is 19.8 Å². The molecule has 4 atom stereocenters. The second-order valence-electron chi connectivity index (χ2n) is 9.47. The molecule has 0 saturated carbocycles. The van der Waals surface area contributed by atoms with Crippen molar-refractivity contribution in [2.45, 2.75) is 62.5 Å². The van der Waals surface area contributed by atoms with Gasteiger partial charge in [-0.05, 0) is 48.9 Å². The number of carbonyl (C=O) groups is 2. The highest BCUT2D eigenvalue weighted by molar-refractivity contribution is 5.94. The fourth-order valence-electron chi connectivity index (χ4n) is 5.39. The Bertz CT molecular complexity index is 992. The summed E-state index contributed by atoms with van der Waals surface area (Å²) < 4.78 is 12.0. The summed E-state index contributed by atoms with van der Waals surface area (Å²) in [6, 6.07) is 11.6. The summed E-state index contributed by atoms with van der Waals surface area (Å²) in [6.07, 6.45) is 5.20. The fraction of sp³-hybridized carbons (Fsp3) is 0.500. The number of hydrogen-bond donors (Lipinski definition) is 2. The van der Waals surface area contributed by atoms with Gasteiger partial charge in [0.15, 0.2) is 0 Å². The van der Waals surface area contributed by atoms with E-state index >= 15 is 0 Å². The average Bonchev–Trinajstić information content (AvgIpc) is 3.24. The zero-order valence-electron chi connectivity index (χ0n) is 19.1. The Labute approximate surface area is 199 Å². The van der Waals surface area contributed by atoms with Crippen molar-refractivity contribution in [3.63, 3.8) is 0 Å². The molecular weight excluding hydrogens is 434 g/mol. The number of amides is 2. The Kier molecular flexibility index (Phi) is 6.89. The number of carbonyl (C=O) groups excluding carboxylic acids is 2. The zero-order valence-corrected chi connectivity index (χ0v) is 19.1. The average molecular weight is 466 g/mol. The molecule has 0 radical (unpaired) electrons. The molecule has 2 aromatic rings. The molecule has 2 amide bonds. The van der Waals surface area contributed by atoms with Crippen molar-refractivity contribution in [3.05, 3.63) is 65.5 Å². The lowest BCUT2D eigenvalue weighted by atomic mass is 9.94. The number of rotatable bonds is 4. The number of ether oxygens (including phenoxy) is 2. The topological polar surface area (TPSA) is 101 Å². The third-order valence-corrected chi connectivity index (χ3v) is 7.00. The summed E-state index contributed by atoms with van der Waals surface area (Å²) in [7, 11) is 0. The van der Waals surface area contributed by atoms with Gasteiger partial charge < -0.3 is 24.8 Å². The third kappa shape index (κ3) is 5.14. The molecule has 3 heterocycles. The quantitative estimate of drug-likeness (QED) is 0.710. The Morgan fingerprint density at radius 3 is 2.53 bits per heavy atom. The fourth-order valence-corrected chi connectivity index (χ4v) is 5.39. The van der Waals surface area contributed by atoms with Gasteiger partial charge in [0.1, 0.15) is 6.10 Å². The first kappa shape index (κ1) is 23.0. The van der Waals surface area contributed by atoms with Crippen molar-refractivity contribution in [3.8, 4) is 0 Å². The first-order chi connectivity index (χ1) is 16.6. The van der Waals surface area contributed by atoms with Crippen LogP contribution in [0.5, 0.6) is 0 Å². The lowest BCUT2D eigenvalue weighted by molar-refractivity contribution is -0.151. The molecule has 1 aromatic heterocycles. The third-order valence-electron chi connectivity index (χ3n) is 7.00. The van der Waals surface area contributed by atoms with E-state index in [1.54, 1.807) is 29.4 Å². The highest BCUT2D eigenvalue weighted by Crippen LogP contribution is 2.29. The highest BCUT2D eigenvalue weighted by Gasteiger charge is 2.40. The van der Waals surface area contributed by atoms with Crippen molar-refractivity contribution >= 4 is 11.8 Å². The zero-order chi connectivity index (χ0) is 23.5. The summed E-state index contributed by atoms with van der Waals surface area (Å²) in [6.45, 7) is 0.594. The molecular formula is C26H31N3O5. The van der Waals surface area contributed by atoms with Gasteiger partial charge in [0, 0.05) is 30.5 Å². The van der Waals surface area contributed by atoms with Gasteiger partial charge in [-0.25, -0.2) is 0 Å². The van der Waals surface area contributed by atoms with E-state index in [4.69, 9.17) is 9.47 Å². The van der Waals surface area contributed by atoms with E-state index in [-0.39, 0.29) is 62.3 Å². The summed E-state index contributed by atoms with van der Waals surface area (Å²) in [5.41, 5.74) is 3.14. The van der Waals surface area contributed by atoms with Gasteiger partial charge in [0.2, 0.25) is 5.91 Å². The molecule has 2 aliphatic heterocycles. The second kappa shape index (κ2) is 10.2. The van der Waals surface area contributed by atoms with E-state index in [1.807, 2.05) is 12.1 Å². The van der Waals surface area contributed by atoms with E-state index in [9.17, 15) is 14.7 Å². The van der Waals surface area contributed by atoms with Crippen molar-refractivity contribution in [2.24, 2.45) is 0 Å². The number of benzene rings is 1. The Hall–Kier alpha value is -2.81. The minimum absolute atomic E-state index is 0.00633. The second-order valence-corrected chi connectivity index (χ2v) is 9.47. The van der Waals surface area contributed by atoms with E-state index < -0.39 is 6.10 Å². The molecule has 180 valence electrons. The number of aromatic nitrogens is 1. The standard InChI is InChI=1S/C26H31N3O5/c30-21-14-29(26(32)17-7-9-27-10-8-17)23-6-5-22(34-24(23)16-33-15-21)13-25(31)28-20-11-18-3-1-2-4-19(18)12-20/h1-4,7-10,20-24,30H,5-6,11-16H2,(H,28,31)/t21-,22+,23+,24-/m0/s1. The molecule has 8 nitrogen and oxygen atoms in total. The van der Waals surface area contributed by atoms with Gasteiger partial charge in [-0.3, -0.25) is 14.6 Å². The van der Waals surface area contributed by atoms with Gasteiger partial charge in [0.05, 0.1) is 37.9 Å². The normalized spacial score (nSPS) is 27.3. The monoisotopic (exact) mass is 465 g/mol. The van der Waals surface area contributed by atoms with Crippen LogP contribution in [0.2, 0.25) is 0 Å². The maximum atomic E-state index is 13.2. The Morgan fingerprint density at radius 2 is 1.79 bits per heavy atom. The maximum Gasteiger partial charge on any atom is 0.254 e. The van der Waals surface area contributed by atoms with E-state index in [0.717, 1.165) is 12.8 Å². The molecule has 2 saturated heterocycles. The van der Waals surface area contributed by atoms with Crippen molar-refractivity contribution in [1.82, 2.24) is 15.2 Å². The molecule has 2 fully saturated rings. The van der Waals surface area contributed by atoms with Crippen molar-refractivity contribution < 1.29 is 24.2 Å². The van der Waals surface area contributed by atoms with Crippen LogP contribution in [0.25, 0.3) is 0 Å². The minimum Gasteiger partial charge on any atom is -0.389 e. The SMILES string of the molecule is O=C(C[C@H]1CC[C@@H]2[C@H](COC[C@@H](O)CN2C(=O)c2ccncc2)O1)NC1Cc2ccccc2C1. The first-order valence-electron chi connectivity index (χ1n) is 12.0. The van der Waals surface area contributed by atoms with Gasteiger partial charge in [-0.15, -0.1) is 0 Å². The smallest absolute Gasteiger partial charge is 0.254 e. The molecule has 0 bridgehead atoms. The van der Waals surface area contributed by atoms with E-state index in [0.29, 0.717) is 18.4 Å². The van der Waals surface area contributed by atoms with Crippen LogP contribution in [0.1, 0.15) is 40.7 Å². The van der Waals surface area contributed by atoms with E-state index in [1.165, 1.54) is 11.1 Å². The van der Waals surface area contributed by atoms with Crippen LogP contribution in [0, 0.1) is 0 Å². The van der Waals surface area contributed by atoms with Crippen LogP contribution in [0.4, 0.5) is 0 Å². The van der Waals surface area contributed by atoms with Gasteiger partial charge in [-0.2, -0.15) is 0 Å².